The molecule has 0 aromatic carbocycles. The molecule has 0 aliphatic rings. The van der Waals surface area contributed by atoms with Crippen molar-refractivity contribution in [3.8, 4) is 0 Å². The number of nitrogens with two attached hydrogens (primary N) is 1. The van der Waals surface area contributed by atoms with Gasteiger partial charge in [0.2, 0.25) is 0 Å². The van der Waals surface area contributed by atoms with Crippen LogP contribution in [0.1, 0.15) is 0 Å². The quantitative estimate of drug-likeness (QED) is 0.590. The Kier molecular flexibility index (Phi) is 4.15. The molecule has 1 aromatic heterocycles. The van der Waals surface area contributed by atoms with E-state index in [9.17, 15) is 0 Å². The SMILES string of the molecule is Nc1ncccc1N(CCO)CCO. The van der Waals surface area contributed by atoms with Gasteiger partial charge < -0.3 is 20.8 Å². The van der Waals surface area contributed by atoms with Gasteiger partial charge in [-0.2, -0.15) is 0 Å². The number of hydrogen-bond acceptors (Lipinski definition) is 5. The first-order valence-corrected chi connectivity index (χ1v) is 4.46. The predicted octanol–water partition coefficient (Wildman–Crippen LogP) is -0.545. The zero-order valence-electron chi connectivity index (χ0n) is 7.93. The summed E-state index contributed by atoms with van der Waals surface area (Å²) >= 11 is 0. The van der Waals surface area contributed by atoms with Gasteiger partial charge in [-0.1, -0.05) is 0 Å². The highest BCUT2D eigenvalue weighted by Crippen LogP contribution is 2.18. The van der Waals surface area contributed by atoms with E-state index < -0.39 is 0 Å². The lowest BCUT2D eigenvalue weighted by Crippen LogP contribution is -2.30. The molecule has 0 bridgehead atoms. The minimum atomic E-state index is 0.0222. The van der Waals surface area contributed by atoms with Crippen molar-refractivity contribution in [3.05, 3.63) is 18.3 Å². The Morgan fingerprint density at radius 2 is 1.93 bits per heavy atom. The number of anilines is 2. The Bertz CT molecular complexity index is 275. The molecule has 1 aromatic rings. The van der Waals surface area contributed by atoms with Crippen molar-refractivity contribution in [2.24, 2.45) is 0 Å². The van der Waals surface area contributed by atoms with Gasteiger partial charge in [0.15, 0.2) is 0 Å². The van der Waals surface area contributed by atoms with Gasteiger partial charge >= 0.3 is 0 Å². The Labute approximate surface area is 82.8 Å². The van der Waals surface area contributed by atoms with Crippen LogP contribution in [0.2, 0.25) is 0 Å². The van der Waals surface area contributed by atoms with Crippen molar-refractivity contribution in [2.45, 2.75) is 0 Å². The van der Waals surface area contributed by atoms with Crippen LogP contribution < -0.4 is 10.6 Å². The van der Waals surface area contributed by atoms with Crippen LogP contribution in [0.15, 0.2) is 18.3 Å². The number of aliphatic hydroxyl groups is 2. The smallest absolute Gasteiger partial charge is 0.146 e. The lowest BCUT2D eigenvalue weighted by Gasteiger charge is -2.23. The van der Waals surface area contributed by atoms with Crippen LogP contribution in [-0.4, -0.2) is 41.5 Å². The summed E-state index contributed by atoms with van der Waals surface area (Å²) in [7, 11) is 0. The number of nitrogen functional groups attached to an aromatic ring is 1. The summed E-state index contributed by atoms with van der Waals surface area (Å²) in [6, 6.07) is 3.58. The van der Waals surface area contributed by atoms with Gasteiger partial charge in [0, 0.05) is 19.3 Å². The summed E-state index contributed by atoms with van der Waals surface area (Å²) in [6.45, 7) is 0.926. The van der Waals surface area contributed by atoms with Gasteiger partial charge in [0.1, 0.15) is 5.82 Å². The molecule has 0 aliphatic heterocycles. The van der Waals surface area contributed by atoms with Crippen LogP contribution in [0.3, 0.4) is 0 Å². The second kappa shape index (κ2) is 5.41. The highest BCUT2D eigenvalue weighted by Gasteiger charge is 2.08. The maximum absolute atomic E-state index is 8.83. The van der Waals surface area contributed by atoms with Crippen molar-refractivity contribution >= 4 is 11.5 Å². The monoisotopic (exact) mass is 197 g/mol. The van der Waals surface area contributed by atoms with E-state index in [1.54, 1.807) is 17.2 Å². The Balaban J connectivity index is 2.81. The summed E-state index contributed by atoms with van der Waals surface area (Å²) < 4.78 is 0. The van der Waals surface area contributed by atoms with Crippen molar-refractivity contribution < 1.29 is 10.2 Å². The first-order chi connectivity index (χ1) is 6.79. The predicted molar refractivity (Wildman–Crippen MR) is 55.0 cm³/mol. The van der Waals surface area contributed by atoms with E-state index in [-0.39, 0.29) is 13.2 Å². The minimum absolute atomic E-state index is 0.0222. The highest BCUT2D eigenvalue weighted by molar-refractivity contribution is 5.62. The zero-order chi connectivity index (χ0) is 10.4. The topological polar surface area (TPSA) is 82.6 Å². The number of nitrogens with zero attached hydrogens (tertiary/aromatic N) is 2. The Hall–Kier alpha value is -1.33. The van der Waals surface area contributed by atoms with E-state index in [4.69, 9.17) is 15.9 Å². The van der Waals surface area contributed by atoms with Gasteiger partial charge in [-0.15, -0.1) is 0 Å². The summed E-state index contributed by atoms with van der Waals surface area (Å²) in [5.74, 6) is 0.411. The van der Waals surface area contributed by atoms with Crippen LogP contribution >= 0.6 is 0 Å². The third-order valence-corrected chi connectivity index (χ3v) is 1.90. The van der Waals surface area contributed by atoms with E-state index >= 15 is 0 Å². The van der Waals surface area contributed by atoms with Gasteiger partial charge in [0.25, 0.3) is 0 Å². The third kappa shape index (κ3) is 2.58. The van der Waals surface area contributed by atoms with E-state index in [0.717, 1.165) is 5.69 Å². The molecule has 1 rings (SSSR count). The molecule has 14 heavy (non-hydrogen) atoms. The molecule has 78 valence electrons. The molecule has 4 N–H and O–H groups in total. The fourth-order valence-corrected chi connectivity index (χ4v) is 1.27. The summed E-state index contributed by atoms with van der Waals surface area (Å²) in [6.07, 6.45) is 1.61. The number of aromatic nitrogens is 1. The first-order valence-electron chi connectivity index (χ1n) is 4.46. The maximum Gasteiger partial charge on any atom is 0.146 e. The molecule has 5 nitrogen and oxygen atoms in total. The lowest BCUT2D eigenvalue weighted by molar-refractivity contribution is 0.281. The van der Waals surface area contributed by atoms with E-state index in [0.29, 0.717) is 18.9 Å². The maximum atomic E-state index is 8.83. The number of hydrogen-bond donors (Lipinski definition) is 3. The molecule has 0 unspecified atom stereocenters. The molecule has 0 saturated carbocycles. The van der Waals surface area contributed by atoms with Gasteiger partial charge in [-0.3, -0.25) is 0 Å². The van der Waals surface area contributed by atoms with E-state index in [1.807, 2.05) is 6.07 Å². The molecule has 0 radical (unpaired) electrons. The average molecular weight is 197 g/mol. The normalized spacial score (nSPS) is 10.1. The summed E-state index contributed by atoms with van der Waals surface area (Å²) in [5, 5.41) is 17.7. The number of rotatable bonds is 5. The van der Waals surface area contributed by atoms with Gasteiger partial charge in [-0.05, 0) is 12.1 Å². The fraction of sp³-hybridized carbons (Fsp3) is 0.444. The van der Waals surface area contributed by atoms with Crippen LogP contribution in [0.25, 0.3) is 0 Å². The van der Waals surface area contributed by atoms with E-state index in [2.05, 4.69) is 4.98 Å². The molecular weight excluding hydrogens is 182 g/mol. The molecule has 0 spiro atoms. The van der Waals surface area contributed by atoms with Crippen molar-refractivity contribution in [1.29, 1.82) is 0 Å². The summed E-state index contributed by atoms with van der Waals surface area (Å²) in [5.41, 5.74) is 6.41. The molecule has 1 heterocycles. The second-order valence-electron chi connectivity index (χ2n) is 2.84. The number of aliphatic hydroxyl groups excluding tert-OH is 2. The van der Waals surface area contributed by atoms with Crippen LogP contribution in [0.4, 0.5) is 11.5 Å². The fourth-order valence-electron chi connectivity index (χ4n) is 1.27. The third-order valence-electron chi connectivity index (χ3n) is 1.90. The molecule has 0 atom stereocenters. The molecular formula is C9H15N3O2. The average Bonchev–Trinajstić information content (AvgIpc) is 2.18. The summed E-state index contributed by atoms with van der Waals surface area (Å²) in [4.78, 5) is 5.73. The van der Waals surface area contributed by atoms with Crippen molar-refractivity contribution in [1.82, 2.24) is 4.98 Å². The number of pyridine rings is 1. The zero-order valence-corrected chi connectivity index (χ0v) is 7.93. The van der Waals surface area contributed by atoms with Gasteiger partial charge in [-0.25, -0.2) is 4.98 Å². The van der Waals surface area contributed by atoms with E-state index in [1.165, 1.54) is 0 Å². The second-order valence-corrected chi connectivity index (χ2v) is 2.84. The minimum Gasteiger partial charge on any atom is -0.395 e. The molecule has 0 fully saturated rings. The highest BCUT2D eigenvalue weighted by atomic mass is 16.3. The molecule has 0 aliphatic carbocycles. The van der Waals surface area contributed by atoms with Crippen molar-refractivity contribution in [3.63, 3.8) is 0 Å². The first kappa shape index (κ1) is 10.7. The van der Waals surface area contributed by atoms with Crippen molar-refractivity contribution in [2.75, 3.05) is 36.9 Å². The Morgan fingerprint density at radius 1 is 1.29 bits per heavy atom. The molecule has 0 amide bonds. The van der Waals surface area contributed by atoms with Gasteiger partial charge in [0.05, 0.1) is 18.9 Å². The van der Waals surface area contributed by atoms with Crippen LogP contribution in [0, 0.1) is 0 Å². The molecule has 5 heteroatoms. The van der Waals surface area contributed by atoms with Crippen LogP contribution in [-0.2, 0) is 0 Å². The largest absolute Gasteiger partial charge is 0.395 e. The Morgan fingerprint density at radius 3 is 2.43 bits per heavy atom. The molecule has 0 saturated heterocycles. The lowest BCUT2D eigenvalue weighted by atomic mass is 10.3. The van der Waals surface area contributed by atoms with Crippen LogP contribution in [0.5, 0.6) is 0 Å². The standard InChI is InChI=1S/C9H15N3O2/c10-9-8(2-1-3-11-9)12(4-6-13)5-7-14/h1-3,13-14H,4-7H2,(H2,10,11).